The molecule has 2 rings (SSSR count). The summed E-state index contributed by atoms with van der Waals surface area (Å²) >= 11 is 6.38. The molecule has 1 aliphatic heterocycles. The smallest absolute Gasteiger partial charge is 0.162 e. The van der Waals surface area contributed by atoms with Gasteiger partial charge in [-0.15, -0.1) is 0 Å². The molecule has 1 atom stereocenters. The summed E-state index contributed by atoms with van der Waals surface area (Å²) in [5.74, 6) is 2.31. The van der Waals surface area contributed by atoms with Crippen LogP contribution in [-0.4, -0.2) is 26.3 Å². The molecule has 118 valence electrons. The predicted octanol–water partition coefficient (Wildman–Crippen LogP) is 4.07. The normalized spacial score (nSPS) is 15.6. The highest BCUT2D eigenvalue weighted by atomic mass is 35.5. The van der Waals surface area contributed by atoms with Gasteiger partial charge in [0.2, 0.25) is 0 Å². The molecule has 0 spiro atoms. The van der Waals surface area contributed by atoms with Gasteiger partial charge in [0.1, 0.15) is 0 Å². The molecular weight excluding hydrogens is 286 g/mol. The lowest BCUT2D eigenvalue weighted by atomic mass is 9.98. The highest BCUT2D eigenvalue weighted by Gasteiger charge is 2.14. The van der Waals surface area contributed by atoms with E-state index in [2.05, 4.69) is 25.2 Å². The second kappa shape index (κ2) is 8.50. The van der Waals surface area contributed by atoms with E-state index in [0.717, 1.165) is 54.4 Å². The number of aryl methyl sites for hydroxylation is 1. The second-order valence-corrected chi connectivity index (χ2v) is 6.13. The van der Waals surface area contributed by atoms with Crippen molar-refractivity contribution in [3.8, 4) is 11.5 Å². The number of ether oxygens (including phenoxy) is 2. The van der Waals surface area contributed by atoms with E-state index < -0.39 is 0 Å². The Balaban J connectivity index is 1.92. The molecule has 1 heterocycles. The van der Waals surface area contributed by atoms with Crippen LogP contribution in [0.5, 0.6) is 11.5 Å². The molecule has 0 saturated heterocycles. The summed E-state index contributed by atoms with van der Waals surface area (Å²) in [4.78, 5) is 0. The summed E-state index contributed by atoms with van der Waals surface area (Å²) in [6, 6.07) is 3.96. The number of hydrogen-bond acceptors (Lipinski definition) is 3. The largest absolute Gasteiger partial charge is 0.490 e. The van der Waals surface area contributed by atoms with Gasteiger partial charge in [0, 0.05) is 17.5 Å². The first-order valence-electron chi connectivity index (χ1n) is 7.99. The zero-order chi connectivity index (χ0) is 15.1. The van der Waals surface area contributed by atoms with E-state index in [-0.39, 0.29) is 0 Å². The Labute approximate surface area is 133 Å². The average Bonchev–Trinajstić information content (AvgIpc) is 2.70. The molecule has 0 saturated carbocycles. The molecule has 1 unspecified atom stereocenters. The van der Waals surface area contributed by atoms with Gasteiger partial charge in [-0.2, -0.15) is 0 Å². The summed E-state index contributed by atoms with van der Waals surface area (Å²) in [5.41, 5.74) is 1.16. The van der Waals surface area contributed by atoms with Gasteiger partial charge >= 0.3 is 0 Å². The maximum Gasteiger partial charge on any atom is 0.162 e. The van der Waals surface area contributed by atoms with Crippen LogP contribution in [0.25, 0.3) is 0 Å². The van der Waals surface area contributed by atoms with Gasteiger partial charge in [-0.1, -0.05) is 25.4 Å². The fourth-order valence-electron chi connectivity index (χ4n) is 2.49. The van der Waals surface area contributed by atoms with Crippen molar-refractivity contribution in [3.05, 3.63) is 22.7 Å². The highest BCUT2D eigenvalue weighted by Crippen LogP contribution is 2.35. The van der Waals surface area contributed by atoms with E-state index in [1.165, 1.54) is 6.42 Å². The predicted molar refractivity (Wildman–Crippen MR) is 87.7 cm³/mol. The molecule has 1 aromatic rings. The molecule has 0 fully saturated rings. The Bertz CT molecular complexity index is 451. The number of benzene rings is 1. The van der Waals surface area contributed by atoms with Crippen molar-refractivity contribution in [1.82, 2.24) is 5.32 Å². The van der Waals surface area contributed by atoms with Crippen LogP contribution < -0.4 is 14.8 Å². The minimum absolute atomic E-state index is 0.691. The Kier molecular flexibility index (Phi) is 6.65. The highest BCUT2D eigenvalue weighted by molar-refractivity contribution is 6.31. The van der Waals surface area contributed by atoms with Crippen molar-refractivity contribution in [2.75, 3.05) is 26.3 Å². The van der Waals surface area contributed by atoms with E-state index in [0.29, 0.717) is 19.1 Å². The van der Waals surface area contributed by atoms with E-state index >= 15 is 0 Å². The third-order valence-corrected chi connectivity index (χ3v) is 4.24. The first-order valence-corrected chi connectivity index (χ1v) is 8.37. The molecule has 0 aromatic heterocycles. The van der Waals surface area contributed by atoms with Crippen molar-refractivity contribution < 1.29 is 9.47 Å². The Morgan fingerprint density at radius 3 is 2.62 bits per heavy atom. The van der Waals surface area contributed by atoms with E-state index in [4.69, 9.17) is 21.1 Å². The fraction of sp³-hybridized carbons (Fsp3) is 0.647. The second-order valence-electron chi connectivity index (χ2n) is 5.73. The third-order valence-electron chi connectivity index (χ3n) is 3.89. The SMILES string of the molecule is CCNCCC(C)CCc1cc2c(cc1Cl)OCCCO2. The molecule has 0 aliphatic carbocycles. The van der Waals surface area contributed by atoms with E-state index in [1.807, 2.05) is 6.07 Å². The van der Waals surface area contributed by atoms with Crippen molar-refractivity contribution in [3.63, 3.8) is 0 Å². The summed E-state index contributed by atoms with van der Waals surface area (Å²) in [7, 11) is 0. The van der Waals surface area contributed by atoms with Gasteiger partial charge in [-0.3, -0.25) is 0 Å². The molecule has 21 heavy (non-hydrogen) atoms. The monoisotopic (exact) mass is 311 g/mol. The van der Waals surface area contributed by atoms with Crippen LogP contribution in [0.4, 0.5) is 0 Å². The van der Waals surface area contributed by atoms with Crippen molar-refractivity contribution >= 4 is 11.6 Å². The van der Waals surface area contributed by atoms with Gasteiger partial charge in [0.15, 0.2) is 11.5 Å². The molecule has 1 aromatic carbocycles. The fourth-order valence-corrected chi connectivity index (χ4v) is 2.74. The molecule has 0 amide bonds. The van der Waals surface area contributed by atoms with Crippen LogP contribution in [0.1, 0.15) is 38.7 Å². The zero-order valence-corrected chi connectivity index (χ0v) is 13.8. The maximum atomic E-state index is 6.38. The molecule has 1 N–H and O–H groups in total. The van der Waals surface area contributed by atoms with E-state index in [9.17, 15) is 0 Å². The number of nitrogens with one attached hydrogen (secondary N) is 1. The molecule has 4 heteroatoms. The van der Waals surface area contributed by atoms with Crippen molar-refractivity contribution in [1.29, 1.82) is 0 Å². The lowest BCUT2D eigenvalue weighted by Gasteiger charge is -2.14. The van der Waals surface area contributed by atoms with Crippen LogP contribution in [0.3, 0.4) is 0 Å². The summed E-state index contributed by atoms with van der Waals surface area (Å²) in [5, 5.41) is 4.16. The minimum Gasteiger partial charge on any atom is -0.490 e. The van der Waals surface area contributed by atoms with Crippen LogP contribution in [0.2, 0.25) is 5.02 Å². The molecule has 0 bridgehead atoms. The number of hydrogen-bond donors (Lipinski definition) is 1. The Morgan fingerprint density at radius 1 is 1.19 bits per heavy atom. The van der Waals surface area contributed by atoms with Crippen LogP contribution >= 0.6 is 11.6 Å². The van der Waals surface area contributed by atoms with Crippen molar-refractivity contribution in [2.24, 2.45) is 5.92 Å². The van der Waals surface area contributed by atoms with Crippen LogP contribution in [0.15, 0.2) is 12.1 Å². The lowest BCUT2D eigenvalue weighted by molar-refractivity contribution is 0.297. The van der Waals surface area contributed by atoms with Crippen LogP contribution in [0, 0.1) is 5.92 Å². The number of fused-ring (bicyclic) bond motifs is 1. The Hall–Kier alpha value is -0.930. The van der Waals surface area contributed by atoms with Crippen LogP contribution in [-0.2, 0) is 6.42 Å². The average molecular weight is 312 g/mol. The zero-order valence-electron chi connectivity index (χ0n) is 13.1. The van der Waals surface area contributed by atoms with Gasteiger partial charge in [-0.25, -0.2) is 0 Å². The van der Waals surface area contributed by atoms with Gasteiger partial charge in [0.05, 0.1) is 13.2 Å². The summed E-state index contributed by atoms with van der Waals surface area (Å²) in [6.07, 6.45) is 4.26. The first-order chi connectivity index (χ1) is 10.2. The number of rotatable bonds is 7. The van der Waals surface area contributed by atoms with Crippen molar-refractivity contribution in [2.45, 2.75) is 39.5 Å². The molecule has 0 radical (unpaired) electrons. The van der Waals surface area contributed by atoms with Gasteiger partial charge in [-0.05, 0) is 49.9 Å². The minimum atomic E-state index is 0.691. The quantitative estimate of drug-likeness (QED) is 0.770. The number of halogens is 1. The maximum absolute atomic E-state index is 6.38. The summed E-state index contributed by atoms with van der Waals surface area (Å²) < 4.78 is 11.4. The van der Waals surface area contributed by atoms with Gasteiger partial charge in [0.25, 0.3) is 0 Å². The molecule has 1 aliphatic rings. The summed E-state index contributed by atoms with van der Waals surface area (Å²) in [6.45, 7) is 7.99. The third kappa shape index (κ3) is 5.08. The van der Waals surface area contributed by atoms with Gasteiger partial charge < -0.3 is 14.8 Å². The molecular formula is C17H26ClNO2. The first kappa shape index (κ1) is 16.4. The molecule has 3 nitrogen and oxygen atoms in total. The Morgan fingerprint density at radius 2 is 1.90 bits per heavy atom. The lowest BCUT2D eigenvalue weighted by Crippen LogP contribution is -2.16. The topological polar surface area (TPSA) is 30.5 Å². The standard InChI is InChI=1S/C17H26ClNO2/c1-3-19-8-7-13(2)5-6-14-11-16-17(12-15(14)18)21-10-4-9-20-16/h11-13,19H,3-10H2,1-2H3. The van der Waals surface area contributed by atoms with E-state index in [1.54, 1.807) is 0 Å².